The lowest BCUT2D eigenvalue weighted by atomic mass is 10.0. The fourth-order valence-electron chi connectivity index (χ4n) is 2.58. The molecule has 0 fully saturated rings. The molecule has 0 bridgehead atoms. The van der Waals surface area contributed by atoms with Crippen LogP contribution in [0.3, 0.4) is 0 Å². The van der Waals surface area contributed by atoms with E-state index in [1.54, 1.807) is 26.0 Å². The van der Waals surface area contributed by atoms with Gasteiger partial charge in [0.15, 0.2) is 0 Å². The van der Waals surface area contributed by atoms with Crippen molar-refractivity contribution in [3.63, 3.8) is 0 Å². The number of aryl methyl sites for hydroxylation is 2. The second kappa shape index (κ2) is 7.86. The number of amides is 2. The molecule has 0 unspecified atom stereocenters. The average molecular weight is 332 g/mol. The highest BCUT2D eigenvalue weighted by molar-refractivity contribution is 5.96. The Morgan fingerprint density at radius 2 is 1.54 bits per heavy atom. The maximum Gasteiger partial charge on any atom is 0.255 e. The van der Waals surface area contributed by atoms with Gasteiger partial charge in [-0.1, -0.05) is 13.8 Å². The zero-order valence-corrected chi connectivity index (χ0v) is 14.5. The zero-order chi connectivity index (χ0) is 17.7. The third-order valence-corrected chi connectivity index (χ3v) is 3.81. The molecule has 2 rings (SSSR count). The van der Waals surface area contributed by atoms with Crippen LogP contribution in [-0.2, 0) is 0 Å². The van der Waals surface area contributed by atoms with Gasteiger partial charge in [-0.2, -0.15) is 0 Å². The Morgan fingerprint density at radius 1 is 1.00 bits per heavy atom. The largest absolute Gasteiger partial charge is 0.469 e. The van der Waals surface area contributed by atoms with Crippen molar-refractivity contribution in [1.82, 2.24) is 10.6 Å². The number of carbonyl (C=O) groups excluding carboxylic acids is 2. The predicted molar refractivity (Wildman–Crippen MR) is 89.9 cm³/mol. The molecule has 0 saturated heterocycles. The molecule has 1 atom stereocenters. The van der Waals surface area contributed by atoms with Gasteiger partial charge in [-0.15, -0.1) is 0 Å². The molecule has 0 radical (unpaired) electrons. The number of nitrogens with one attached hydrogen (secondary N) is 2. The molecule has 130 valence electrons. The van der Waals surface area contributed by atoms with E-state index in [4.69, 9.17) is 8.83 Å². The van der Waals surface area contributed by atoms with Gasteiger partial charge in [-0.05, 0) is 38.3 Å². The highest BCUT2D eigenvalue weighted by atomic mass is 16.3. The summed E-state index contributed by atoms with van der Waals surface area (Å²) in [5.74, 6) is 1.14. The fourth-order valence-corrected chi connectivity index (χ4v) is 2.58. The minimum atomic E-state index is -0.205. The highest BCUT2D eigenvalue weighted by Gasteiger charge is 2.19. The molecule has 0 aliphatic rings. The first-order valence-corrected chi connectivity index (χ1v) is 8.05. The molecule has 2 heterocycles. The summed E-state index contributed by atoms with van der Waals surface area (Å²) in [6, 6.07) is 3.11. The summed E-state index contributed by atoms with van der Waals surface area (Å²) in [5, 5.41) is 5.83. The van der Waals surface area contributed by atoms with E-state index in [9.17, 15) is 9.59 Å². The summed E-state index contributed by atoms with van der Waals surface area (Å²) < 4.78 is 10.3. The third-order valence-electron chi connectivity index (χ3n) is 3.81. The Labute approximate surface area is 141 Å². The minimum absolute atomic E-state index is 0.164. The van der Waals surface area contributed by atoms with E-state index in [0.717, 1.165) is 6.42 Å². The normalized spacial score (nSPS) is 12.2. The smallest absolute Gasteiger partial charge is 0.255 e. The van der Waals surface area contributed by atoms with Gasteiger partial charge in [0.2, 0.25) is 0 Å². The SMILES string of the molecule is Cc1occc1C(=O)NC[C@@H](CC(C)C)NC(=O)c1ccoc1C. The fraction of sp³-hybridized carbons (Fsp3) is 0.444. The van der Waals surface area contributed by atoms with Gasteiger partial charge >= 0.3 is 0 Å². The number of hydrogen-bond acceptors (Lipinski definition) is 4. The van der Waals surface area contributed by atoms with Crippen LogP contribution < -0.4 is 10.6 Å². The van der Waals surface area contributed by atoms with Crippen molar-refractivity contribution in [2.45, 2.75) is 40.2 Å². The highest BCUT2D eigenvalue weighted by Crippen LogP contribution is 2.12. The van der Waals surface area contributed by atoms with Gasteiger partial charge in [0, 0.05) is 12.6 Å². The summed E-state index contributed by atoms with van der Waals surface area (Å²) >= 11 is 0. The quantitative estimate of drug-likeness (QED) is 0.816. The van der Waals surface area contributed by atoms with Crippen molar-refractivity contribution in [2.75, 3.05) is 6.54 Å². The lowest BCUT2D eigenvalue weighted by molar-refractivity contribution is 0.0901. The van der Waals surface area contributed by atoms with Crippen LogP contribution in [0.2, 0.25) is 0 Å². The van der Waals surface area contributed by atoms with Gasteiger partial charge in [0.25, 0.3) is 11.8 Å². The summed E-state index contributed by atoms with van der Waals surface area (Å²) in [6.07, 6.45) is 3.73. The molecule has 6 nitrogen and oxygen atoms in total. The van der Waals surface area contributed by atoms with E-state index in [-0.39, 0.29) is 17.9 Å². The molecular weight excluding hydrogens is 308 g/mol. The Hall–Kier alpha value is -2.50. The van der Waals surface area contributed by atoms with Crippen molar-refractivity contribution in [3.05, 3.63) is 47.3 Å². The number of carbonyl (C=O) groups is 2. The van der Waals surface area contributed by atoms with E-state index >= 15 is 0 Å². The van der Waals surface area contributed by atoms with Crippen LogP contribution >= 0.6 is 0 Å². The van der Waals surface area contributed by atoms with Crippen LogP contribution in [0.1, 0.15) is 52.5 Å². The second-order valence-electron chi connectivity index (χ2n) is 6.29. The number of hydrogen-bond donors (Lipinski definition) is 2. The first-order chi connectivity index (χ1) is 11.4. The van der Waals surface area contributed by atoms with Gasteiger partial charge in [0.1, 0.15) is 11.5 Å². The Balaban J connectivity index is 1.98. The van der Waals surface area contributed by atoms with Crippen molar-refractivity contribution in [2.24, 2.45) is 5.92 Å². The summed E-state index contributed by atoms with van der Waals surface area (Å²) in [7, 11) is 0. The zero-order valence-electron chi connectivity index (χ0n) is 14.5. The van der Waals surface area contributed by atoms with Crippen molar-refractivity contribution in [3.8, 4) is 0 Å². The molecule has 2 aromatic rings. The predicted octanol–water partition coefficient (Wildman–Crippen LogP) is 3.06. The monoisotopic (exact) mass is 332 g/mol. The van der Waals surface area contributed by atoms with Crippen LogP contribution in [0, 0.1) is 19.8 Å². The molecule has 0 saturated carbocycles. The molecule has 0 aliphatic heterocycles. The molecule has 0 spiro atoms. The van der Waals surface area contributed by atoms with E-state index in [1.165, 1.54) is 12.5 Å². The van der Waals surface area contributed by atoms with E-state index in [1.807, 2.05) is 0 Å². The summed E-state index contributed by atoms with van der Waals surface area (Å²) in [4.78, 5) is 24.5. The average Bonchev–Trinajstić information content (AvgIpc) is 3.12. The van der Waals surface area contributed by atoms with Gasteiger partial charge in [-0.3, -0.25) is 9.59 Å². The Bertz CT molecular complexity index is 699. The van der Waals surface area contributed by atoms with Crippen molar-refractivity contribution < 1.29 is 18.4 Å². The van der Waals surface area contributed by atoms with Crippen LogP contribution in [-0.4, -0.2) is 24.4 Å². The molecule has 2 amide bonds. The minimum Gasteiger partial charge on any atom is -0.469 e. The molecule has 2 aromatic heterocycles. The first kappa shape index (κ1) is 17.8. The van der Waals surface area contributed by atoms with Crippen LogP contribution in [0.25, 0.3) is 0 Å². The van der Waals surface area contributed by atoms with E-state index in [2.05, 4.69) is 24.5 Å². The molecule has 6 heteroatoms. The second-order valence-corrected chi connectivity index (χ2v) is 6.29. The van der Waals surface area contributed by atoms with Crippen LogP contribution in [0.15, 0.2) is 33.5 Å². The lowest BCUT2D eigenvalue weighted by Crippen LogP contribution is -2.44. The Morgan fingerprint density at radius 3 is 2.00 bits per heavy atom. The molecule has 24 heavy (non-hydrogen) atoms. The van der Waals surface area contributed by atoms with Crippen LogP contribution in [0.4, 0.5) is 0 Å². The van der Waals surface area contributed by atoms with Crippen LogP contribution in [0.5, 0.6) is 0 Å². The van der Waals surface area contributed by atoms with Gasteiger partial charge in [0.05, 0.1) is 23.7 Å². The van der Waals surface area contributed by atoms with Gasteiger partial charge in [-0.25, -0.2) is 0 Å². The topological polar surface area (TPSA) is 84.5 Å². The number of rotatable bonds is 7. The van der Waals surface area contributed by atoms with Crippen molar-refractivity contribution >= 4 is 11.8 Å². The van der Waals surface area contributed by atoms with E-state index in [0.29, 0.717) is 35.1 Å². The first-order valence-electron chi connectivity index (χ1n) is 8.05. The van der Waals surface area contributed by atoms with Gasteiger partial charge < -0.3 is 19.5 Å². The lowest BCUT2D eigenvalue weighted by Gasteiger charge is -2.21. The molecular formula is C18H24N2O4. The Kier molecular flexibility index (Phi) is 5.84. The standard InChI is InChI=1S/C18H24N2O4/c1-11(2)9-14(20-18(22)16-6-8-24-13(16)4)10-19-17(21)15-5-7-23-12(15)3/h5-8,11,14H,9-10H2,1-4H3,(H,19,21)(H,20,22)/t14-/m1/s1. The molecule has 0 aliphatic carbocycles. The molecule has 0 aromatic carbocycles. The summed E-state index contributed by atoms with van der Waals surface area (Å²) in [5.41, 5.74) is 1.02. The third kappa shape index (κ3) is 4.50. The maximum absolute atomic E-state index is 12.3. The maximum atomic E-state index is 12.3. The number of furan rings is 2. The molecule has 2 N–H and O–H groups in total. The van der Waals surface area contributed by atoms with E-state index < -0.39 is 0 Å². The van der Waals surface area contributed by atoms with Crippen molar-refractivity contribution in [1.29, 1.82) is 0 Å². The summed E-state index contributed by atoms with van der Waals surface area (Å²) in [6.45, 7) is 7.98.